The minimum atomic E-state index is -0.00347. The van der Waals surface area contributed by atoms with E-state index in [-0.39, 0.29) is 17.4 Å². The Labute approximate surface area is 72.0 Å². The van der Waals surface area contributed by atoms with Crippen molar-refractivity contribution in [1.82, 2.24) is 0 Å². The molecule has 0 spiro atoms. The summed E-state index contributed by atoms with van der Waals surface area (Å²) in [6.07, 6.45) is 0. The van der Waals surface area contributed by atoms with Crippen molar-refractivity contribution in [2.45, 2.75) is 27.7 Å². The lowest BCUT2D eigenvalue weighted by atomic mass is 9.70. The summed E-state index contributed by atoms with van der Waals surface area (Å²) in [6, 6.07) is 0. The summed E-state index contributed by atoms with van der Waals surface area (Å²) >= 11 is 3.44. The second-order valence-corrected chi connectivity index (χ2v) is 4.62. The predicted octanol–water partition coefficient (Wildman–Crippen LogP) is 2.43. The van der Waals surface area contributed by atoms with Gasteiger partial charge < -0.3 is 5.11 Å². The number of rotatable bonds is 3. The molecule has 0 aliphatic heterocycles. The molecule has 0 aromatic carbocycles. The lowest BCUT2D eigenvalue weighted by Crippen LogP contribution is -2.36. The molecule has 0 fully saturated rings. The fraction of sp³-hybridized carbons (Fsp3) is 1.00. The van der Waals surface area contributed by atoms with Crippen LogP contribution in [0.2, 0.25) is 0 Å². The molecule has 0 aliphatic carbocycles. The quantitative estimate of drug-likeness (QED) is 0.707. The largest absolute Gasteiger partial charge is 0.396 e. The summed E-state index contributed by atoms with van der Waals surface area (Å²) in [5.74, 6) is 0. The highest BCUT2D eigenvalue weighted by Gasteiger charge is 2.35. The molecule has 0 bridgehead atoms. The van der Waals surface area contributed by atoms with Crippen molar-refractivity contribution in [3.05, 3.63) is 0 Å². The Morgan fingerprint density at radius 3 is 1.60 bits per heavy atom. The SMILES string of the molecule is CC(C)(CO)C(C)(C)CBr. The first kappa shape index (κ1) is 10.4. The maximum atomic E-state index is 9.04. The summed E-state index contributed by atoms with van der Waals surface area (Å²) < 4.78 is 0. The van der Waals surface area contributed by atoms with Gasteiger partial charge in [-0.15, -0.1) is 0 Å². The van der Waals surface area contributed by atoms with E-state index in [0.29, 0.717) is 0 Å². The molecule has 0 rings (SSSR count). The summed E-state index contributed by atoms with van der Waals surface area (Å²) in [6.45, 7) is 8.70. The van der Waals surface area contributed by atoms with Crippen LogP contribution in [0.15, 0.2) is 0 Å². The molecule has 0 aliphatic rings. The second-order valence-electron chi connectivity index (χ2n) is 4.06. The van der Waals surface area contributed by atoms with Crippen molar-refractivity contribution < 1.29 is 5.11 Å². The van der Waals surface area contributed by atoms with Crippen molar-refractivity contribution in [2.24, 2.45) is 10.8 Å². The molecule has 2 heteroatoms. The van der Waals surface area contributed by atoms with Crippen LogP contribution in [0.1, 0.15) is 27.7 Å². The molecule has 1 N–H and O–H groups in total. The predicted molar refractivity (Wildman–Crippen MR) is 48.4 cm³/mol. The average Bonchev–Trinajstić information content (AvgIpc) is 1.88. The Hall–Kier alpha value is 0.440. The summed E-state index contributed by atoms with van der Waals surface area (Å²) in [5, 5.41) is 9.96. The van der Waals surface area contributed by atoms with Crippen LogP contribution in [0.25, 0.3) is 0 Å². The number of hydrogen-bond donors (Lipinski definition) is 1. The third-order valence-electron chi connectivity index (χ3n) is 2.56. The van der Waals surface area contributed by atoms with E-state index in [1.807, 2.05) is 0 Å². The fourth-order valence-electron chi connectivity index (χ4n) is 0.395. The zero-order chi connectivity index (χ0) is 8.41. The van der Waals surface area contributed by atoms with Crippen LogP contribution < -0.4 is 0 Å². The topological polar surface area (TPSA) is 20.2 Å². The van der Waals surface area contributed by atoms with Crippen LogP contribution in [0.3, 0.4) is 0 Å². The van der Waals surface area contributed by atoms with Crippen LogP contribution in [0, 0.1) is 10.8 Å². The van der Waals surface area contributed by atoms with Gasteiger partial charge in [0.15, 0.2) is 0 Å². The van der Waals surface area contributed by atoms with Gasteiger partial charge in [0, 0.05) is 11.9 Å². The summed E-state index contributed by atoms with van der Waals surface area (Å²) in [5.41, 5.74) is 0.151. The second kappa shape index (κ2) is 3.22. The Morgan fingerprint density at radius 2 is 1.50 bits per heavy atom. The highest BCUT2D eigenvalue weighted by atomic mass is 79.9. The third-order valence-corrected chi connectivity index (χ3v) is 3.96. The molecule has 0 saturated carbocycles. The molecule has 0 radical (unpaired) electrons. The fourth-order valence-corrected chi connectivity index (χ4v) is 1.15. The van der Waals surface area contributed by atoms with Gasteiger partial charge in [-0.2, -0.15) is 0 Å². The van der Waals surface area contributed by atoms with E-state index in [1.165, 1.54) is 0 Å². The van der Waals surface area contributed by atoms with Gasteiger partial charge >= 0.3 is 0 Å². The van der Waals surface area contributed by atoms with Gasteiger partial charge in [0.1, 0.15) is 0 Å². The molecular formula is C8H17BrO. The monoisotopic (exact) mass is 208 g/mol. The molecule has 0 heterocycles. The third kappa shape index (κ3) is 1.96. The average molecular weight is 209 g/mol. The van der Waals surface area contributed by atoms with Crippen LogP contribution in [0.5, 0.6) is 0 Å². The smallest absolute Gasteiger partial charge is 0.0487 e. The Balaban J connectivity index is 4.28. The van der Waals surface area contributed by atoms with E-state index in [0.717, 1.165) is 5.33 Å². The zero-order valence-electron chi connectivity index (χ0n) is 7.24. The first-order valence-electron chi connectivity index (χ1n) is 3.54. The van der Waals surface area contributed by atoms with Crippen molar-refractivity contribution in [2.75, 3.05) is 11.9 Å². The van der Waals surface area contributed by atoms with Crippen molar-refractivity contribution >= 4 is 15.9 Å². The summed E-state index contributed by atoms with van der Waals surface area (Å²) in [4.78, 5) is 0. The van der Waals surface area contributed by atoms with Crippen LogP contribution >= 0.6 is 15.9 Å². The molecule has 0 saturated heterocycles. The molecule has 1 nitrogen and oxygen atoms in total. The van der Waals surface area contributed by atoms with Gasteiger partial charge in [0.2, 0.25) is 0 Å². The number of halogens is 1. The van der Waals surface area contributed by atoms with Gasteiger partial charge in [-0.25, -0.2) is 0 Å². The van der Waals surface area contributed by atoms with Gasteiger partial charge in [-0.1, -0.05) is 43.6 Å². The Kier molecular flexibility index (Phi) is 3.37. The maximum Gasteiger partial charge on any atom is 0.0487 e. The molecule has 0 aromatic heterocycles. The molecule has 0 aromatic rings. The van der Waals surface area contributed by atoms with E-state index >= 15 is 0 Å². The highest BCUT2D eigenvalue weighted by Crippen LogP contribution is 2.38. The molecule has 0 amide bonds. The van der Waals surface area contributed by atoms with E-state index < -0.39 is 0 Å². The van der Waals surface area contributed by atoms with Crippen molar-refractivity contribution in [3.63, 3.8) is 0 Å². The Morgan fingerprint density at radius 1 is 1.10 bits per heavy atom. The first-order valence-corrected chi connectivity index (χ1v) is 4.66. The minimum Gasteiger partial charge on any atom is -0.396 e. The van der Waals surface area contributed by atoms with Gasteiger partial charge in [-0.3, -0.25) is 0 Å². The van der Waals surface area contributed by atoms with E-state index in [1.54, 1.807) is 0 Å². The zero-order valence-corrected chi connectivity index (χ0v) is 8.83. The molecular weight excluding hydrogens is 192 g/mol. The maximum absolute atomic E-state index is 9.04. The lowest BCUT2D eigenvalue weighted by molar-refractivity contribution is 0.0545. The molecule has 0 unspecified atom stereocenters. The van der Waals surface area contributed by atoms with Gasteiger partial charge in [0.05, 0.1) is 0 Å². The van der Waals surface area contributed by atoms with E-state index in [9.17, 15) is 0 Å². The number of hydrogen-bond acceptors (Lipinski definition) is 1. The normalized spacial score (nSPS) is 13.8. The van der Waals surface area contributed by atoms with Crippen LogP contribution in [0.4, 0.5) is 0 Å². The molecule has 0 atom stereocenters. The van der Waals surface area contributed by atoms with E-state index in [2.05, 4.69) is 43.6 Å². The van der Waals surface area contributed by atoms with Gasteiger partial charge in [0.25, 0.3) is 0 Å². The highest BCUT2D eigenvalue weighted by molar-refractivity contribution is 9.09. The first-order chi connectivity index (χ1) is 4.37. The lowest BCUT2D eigenvalue weighted by Gasteiger charge is -2.38. The molecule has 62 valence electrons. The number of aliphatic hydroxyl groups is 1. The van der Waals surface area contributed by atoms with E-state index in [4.69, 9.17) is 5.11 Å². The summed E-state index contributed by atoms with van der Waals surface area (Å²) in [7, 11) is 0. The van der Waals surface area contributed by atoms with Crippen molar-refractivity contribution in [1.29, 1.82) is 0 Å². The number of alkyl halides is 1. The minimum absolute atomic E-state index is 0.00347. The standard InChI is InChI=1S/C8H17BrO/c1-7(2,5-9)8(3,4)6-10/h10H,5-6H2,1-4H3. The Bertz CT molecular complexity index is 93.8. The van der Waals surface area contributed by atoms with Gasteiger partial charge in [-0.05, 0) is 10.8 Å². The molecule has 10 heavy (non-hydrogen) atoms. The van der Waals surface area contributed by atoms with Crippen molar-refractivity contribution in [3.8, 4) is 0 Å². The van der Waals surface area contributed by atoms with Crippen LogP contribution in [-0.2, 0) is 0 Å². The number of aliphatic hydroxyl groups excluding tert-OH is 1. The van der Waals surface area contributed by atoms with Crippen LogP contribution in [-0.4, -0.2) is 17.0 Å².